The number of nitrogens with zero attached hydrogens (tertiary/aromatic N) is 2. The monoisotopic (exact) mass is 263 g/mol. The van der Waals surface area contributed by atoms with E-state index in [9.17, 15) is 0 Å². The number of likely N-dealkylation sites (N-methyl/N-ethyl adjacent to an activating group) is 1. The molecular formula is C16H29N3. The molecule has 1 rings (SSSR count). The third kappa shape index (κ3) is 7.96. The highest BCUT2D eigenvalue weighted by Gasteiger charge is 2.03. The van der Waals surface area contributed by atoms with Crippen molar-refractivity contribution in [1.29, 1.82) is 0 Å². The van der Waals surface area contributed by atoms with E-state index in [4.69, 9.17) is 0 Å². The Morgan fingerprint density at radius 2 is 2.21 bits per heavy atom. The molecule has 1 aromatic heterocycles. The van der Waals surface area contributed by atoms with Gasteiger partial charge in [0.2, 0.25) is 0 Å². The van der Waals surface area contributed by atoms with E-state index >= 15 is 0 Å². The molecule has 0 radical (unpaired) electrons. The second-order valence-electron chi connectivity index (χ2n) is 5.45. The number of pyridine rings is 1. The first-order chi connectivity index (χ1) is 9.22. The quantitative estimate of drug-likeness (QED) is 0.658. The van der Waals surface area contributed by atoms with Crippen molar-refractivity contribution in [2.45, 2.75) is 52.1 Å². The molecule has 0 fully saturated rings. The minimum absolute atomic E-state index is 0.637. The average Bonchev–Trinajstić information content (AvgIpc) is 2.40. The van der Waals surface area contributed by atoms with Crippen molar-refractivity contribution in [2.24, 2.45) is 0 Å². The molecule has 3 nitrogen and oxygen atoms in total. The zero-order valence-corrected chi connectivity index (χ0v) is 12.7. The van der Waals surface area contributed by atoms with Crippen LogP contribution in [0.2, 0.25) is 0 Å². The Morgan fingerprint density at radius 3 is 2.89 bits per heavy atom. The van der Waals surface area contributed by atoms with Crippen molar-refractivity contribution in [3.05, 3.63) is 30.1 Å². The van der Waals surface area contributed by atoms with Crippen LogP contribution < -0.4 is 5.32 Å². The van der Waals surface area contributed by atoms with Gasteiger partial charge in [-0.1, -0.05) is 32.3 Å². The van der Waals surface area contributed by atoms with Gasteiger partial charge in [-0.2, -0.15) is 0 Å². The Kier molecular flexibility index (Phi) is 8.43. The molecule has 0 aliphatic carbocycles. The van der Waals surface area contributed by atoms with Gasteiger partial charge in [-0.25, -0.2) is 0 Å². The SMILES string of the molecule is CCCCCC(C)NCCN(C)Cc1cccnc1. The molecule has 0 saturated heterocycles. The van der Waals surface area contributed by atoms with Crippen molar-refractivity contribution in [3.63, 3.8) is 0 Å². The maximum Gasteiger partial charge on any atom is 0.0312 e. The van der Waals surface area contributed by atoms with Crippen LogP contribution in [-0.2, 0) is 6.54 Å². The van der Waals surface area contributed by atoms with Crippen molar-refractivity contribution in [3.8, 4) is 0 Å². The van der Waals surface area contributed by atoms with Gasteiger partial charge in [0, 0.05) is 38.1 Å². The molecule has 0 aromatic carbocycles. The lowest BCUT2D eigenvalue weighted by Crippen LogP contribution is -2.34. The van der Waals surface area contributed by atoms with Gasteiger partial charge >= 0.3 is 0 Å². The molecule has 3 heteroatoms. The van der Waals surface area contributed by atoms with Gasteiger partial charge in [0.15, 0.2) is 0 Å². The summed E-state index contributed by atoms with van der Waals surface area (Å²) in [5.41, 5.74) is 1.28. The van der Waals surface area contributed by atoms with Crippen LogP contribution >= 0.6 is 0 Å². The second-order valence-corrected chi connectivity index (χ2v) is 5.45. The molecule has 0 amide bonds. The van der Waals surface area contributed by atoms with Crippen LogP contribution in [0.15, 0.2) is 24.5 Å². The summed E-state index contributed by atoms with van der Waals surface area (Å²) in [7, 11) is 2.16. The lowest BCUT2D eigenvalue weighted by Gasteiger charge is -2.19. The Morgan fingerprint density at radius 1 is 1.37 bits per heavy atom. The lowest BCUT2D eigenvalue weighted by molar-refractivity contribution is 0.315. The molecular weight excluding hydrogens is 234 g/mol. The molecule has 1 heterocycles. The first kappa shape index (κ1) is 16.1. The van der Waals surface area contributed by atoms with Crippen LogP contribution in [0.4, 0.5) is 0 Å². The summed E-state index contributed by atoms with van der Waals surface area (Å²) in [6, 6.07) is 4.76. The number of aromatic nitrogens is 1. The topological polar surface area (TPSA) is 28.2 Å². The third-order valence-corrected chi connectivity index (χ3v) is 3.40. The summed E-state index contributed by atoms with van der Waals surface area (Å²) in [5.74, 6) is 0. The zero-order valence-electron chi connectivity index (χ0n) is 12.7. The van der Waals surface area contributed by atoms with Crippen LogP contribution in [0.1, 0.15) is 45.1 Å². The highest BCUT2D eigenvalue weighted by molar-refractivity contribution is 5.07. The summed E-state index contributed by atoms with van der Waals surface area (Å²) in [5, 5.41) is 3.60. The predicted octanol–water partition coefficient (Wildman–Crippen LogP) is 3.07. The summed E-state index contributed by atoms with van der Waals surface area (Å²) >= 11 is 0. The summed E-state index contributed by atoms with van der Waals surface area (Å²) in [6.45, 7) is 7.65. The average molecular weight is 263 g/mol. The number of unbranched alkanes of at least 4 members (excludes halogenated alkanes) is 2. The van der Waals surface area contributed by atoms with E-state index in [0.717, 1.165) is 19.6 Å². The van der Waals surface area contributed by atoms with Gasteiger partial charge in [-0.15, -0.1) is 0 Å². The summed E-state index contributed by atoms with van der Waals surface area (Å²) < 4.78 is 0. The number of hydrogen-bond donors (Lipinski definition) is 1. The fourth-order valence-corrected chi connectivity index (χ4v) is 2.19. The van der Waals surface area contributed by atoms with Crippen LogP contribution in [0.5, 0.6) is 0 Å². The molecule has 0 aliphatic heterocycles. The van der Waals surface area contributed by atoms with Crippen LogP contribution in [-0.4, -0.2) is 36.1 Å². The van der Waals surface area contributed by atoms with Gasteiger partial charge < -0.3 is 10.2 Å². The van der Waals surface area contributed by atoms with E-state index in [-0.39, 0.29) is 0 Å². The number of rotatable bonds is 10. The first-order valence-electron chi connectivity index (χ1n) is 7.53. The molecule has 19 heavy (non-hydrogen) atoms. The molecule has 0 aliphatic rings. The van der Waals surface area contributed by atoms with Gasteiger partial charge in [0.1, 0.15) is 0 Å². The standard InChI is InChI=1S/C16H29N3/c1-4-5-6-8-15(2)18-11-12-19(3)14-16-9-7-10-17-13-16/h7,9-10,13,15,18H,4-6,8,11-12,14H2,1-3H3. The molecule has 1 atom stereocenters. The van der Waals surface area contributed by atoms with Crippen LogP contribution in [0.3, 0.4) is 0 Å². The molecule has 1 aromatic rings. The van der Waals surface area contributed by atoms with E-state index in [1.165, 1.54) is 31.2 Å². The minimum Gasteiger partial charge on any atom is -0.313 e. The van der Waals surface area contributed by atoms with E-state index in [2.05, 4.69) is 42.2 Å². The highest BCUT2D eigenvalue weighted by atomic mass is 15.1. The Labute approximate surface area is 118 Å². The Balaban J connectivity index is 2.08. The largest absolute Gasteiger partial charge is 0.313 e. The molecule has 108 valence electrons. The van der Waals surface area contributed by atoms with Crippen molar-refractivity contribution in [1.82, 2.24) is 15.2 Å². The van der Waals surface area contributed by atoms with Crippen molar-refractivity contribution in [2.75, 3.05) is 20.1 Å². The Bertz CT molecular complexity index is 313. The number of nitrogens with one attached hydrogen (secondary N) is 1. The normalized spacial score (nSPS) is 12.8. The van der Waals surface area contributed by atoms with Crippen molar-refractivity contribution < 1.29 is 0 Å². The fourth-order valence-electron chi connectivity index (χ4n) is 2.19. The maximum atomic E-state index is 4.15. The maximum absolute atomic E-state index is 4.15. The fraction of sp³-hybridized carbons (Fsp3) is 0.688. The summed E-state index contributed by atoms with van der Waals surface area (Å²) in [6.07, 6.45) is 9.06. The number of hydrogen-bond acceptors (Lipinski definition) is 3. The van der Waals surface area contributed by atoms with Gasteiger partial charge in [-0.05, 0) is 32.0 Å². The minimum atomic E-state index is 0.637. The third-order valence-electron chi connectivity index (χ3n) is 3.40. The smallest absolute Gasteiger partial charge is 0.0312 e. The zero-order chi connectivity index (χ0) is 13.9. The first-order valence-corrected chi connectivity index (χ1v) is 7.53. The Hall–Kier alpha value is -0.930. The molecule has 0 bridgehead atoms. The van der Waals surface area contributed by atoms with Gasteiger partial charge in [0.25, 0.3) is 0 Å². The second kappa shape index (κ2) is 9.93. The van der Waals surface area contributed by atoms with Crippen LogP contribution in [0, 0.1) is 0 Å². The predicted molar refractivity (Wildman–Crippen MR) is 82.2 cm³/mol. The van der Waals surface area contributed by atoms with Gasteiger partial charge in [0.05, 0.1) is 0 Å². The highest BCUT2D eigenvalue weighted by Crippen LogP contribution is 2.03. The van der Waals surface area contributed by atoms with Gasteiger partial charge in [-0.3, -0.25) is 4.98 Å². The van der Waals surface area contributed by atoms with E-state index in [1.807, 2.05) is 18.5 Å². The van der Waals surface area contributed by atoms with E-state index < -0.39 is 0 Å². The van der Waals surface area contributed by atoms with Crippen molar-refractivity contribution >= 4 is 0 Å². The molecule has 0 spiro atoms. The molecule has 1 N–H and O–H groups in total. The molecule has 0 saturated carbocycles. The van der Waals surface area contributed by atoms with E-state index in [0.29, 0.717) is 6.04 Å². The van der Waals surface area contributed by atoms with E-state index in [1.54, 1.807) is 0 Å². The molecule has 1 unspecified atom stereocenters. The lowest BCUT2D eigenvalue weighted by atomic mass is 10.1. The summed E-state index contributed by atoms with van der Waals surface area (Å²) in [4.78, 5) is 6.48. The van der Waals surface area contributed by atoms with Crippen LogP contribution in [0.25, 0.3) is 0 Å².